The van der Waals surface area contributed by atoms with E-state index < -0.39 is 0 Å². The molecule has 0 aliphatic carbocycles. The molecular weight excluding hydrogens is 246 g/mol. The Morgan fingerprint density at radius 2 is 1.65 bits per heavy atom. The van der Waals surface area contributed by atoms with Gasteiger partial charge in [-0.15, -0.1) is 0 Å². The lowest BCUT2D eigenvalue weighted by molar-refractivity contribution is 0.162. The molecule has 2 aromatic rings. The molecular formula is C18H23NO. The van der Waals surface area contributed by atoms with E-state index in [0.29, 0.717) is 6.61 Å². The van der Waals surface area contributed by atoms with E-state index in [2.05, 4.69) is 67.7 Å². The molecule has 0 aliphatic heterocycles. The molecule has 0 aliphatic rings. The second-order valence-corrected chi connectivity index (χ2v) is 5.16. The van der Waals surface area contributed by atoms with E-state index in [1.807, 2.05) is 6.07 Å². The molecule has 2 heteroatoms. The molecule has 106 valence electrons. The number of aryl methyl sites for hydroxylation is 1. The van der Waals surface area contributed by atoms with E-state index in [0.717, 1.165) is 0 Å². The van der Waals surface area contributed by atoms with Crippen LogP contribution < -0.4 is 5.32 Å². The molecule has 0 radical (unpaired) electrons. The van der Waals surface area contributed by atoms with Crippen LogP contribution in [0.1, 0.15) is 35.7 Å². The standard InChI is InChI=1S/C18H23NO/c1-14-9-7-8-12-17(14)15(2)19-18(13-20-3)16-10-5-4-6-11-16/h4-12,15,18-19H,13H2,1-3H3. The number of benzene rings is 2. The average Bonchev–Trinajstić information content (AvgIpc) is 2.48. The molecule has 2 unspecified atom stereocenters. The van der Waals surface area contributed by atoms with Crippen molar-refractivity contribution in [1.29, 1.82) is 0 Å². The van der Waals surface area contributed by atoms with Crippen molar-refractivity contribution >= 4 is 0 Å². The molecule has 0 saturated carbocycles. The molecule has 20 heavy (non-hydrogen) atoms. The van der Waals surface area contributed by atoms with Gasteiger partial charge in [-0.3, -0.25) is 0 Å². The van der Waals surface area contributed by atoms with E-state index >= 15 is 0 Å². The summed E-state index contributed by atoms with van der Waals surface area (Å²) >= 11 is 0. The second kappa shape index (κ2) is 7.22. The Balaban J connectivity index is 2.14. The van der Waals surface area contributed by atoms with Gasteiger partial charge < -0.3 is 10.1 Å². The quantitative estimate of drug-likeness (QED) is 0.854. The summed E-state index contributed by atoms with van der Waals surface area (Å²) in [5.74, 6) is 0. The minimum atomic E-state index is 0.204. The number of hydrogen-bond donors (Lipinski definition) is 1. The van der Waals surface area contributed by atoms with Crippen LogP contribution in [0.25, 0.3) is 0 Å². The minimum Gasteiger partial charge on any atom is -0.383 e. The van der Waals surface area contributed by atoms with E-state index in [1.165, 1.54) is 16.7 Å². The van der Waals surface area contributed by atoms with Crippen molar-refractivity contribution in [2.24, 2.45) is 0 Å². The lowest BCUT2D eigenvalue weighted by atomic mass is 10.00. The van der Waals surface area contributed by atoms with Gasteiger partial charge >= 0.3 is 0 Å². The molecule has 2 rings (SSSR count). The third-order valence-electron chi connectivity index (χ3n) is 3.64. The monoisotopic (exact) mass is 269 g/mol. The van der Waals surface area contributed by atoms with Crippen LogP contribution in [0.5, 0.6) is 0 Å². The van der Waals surface area contributed by atoms with E-state index in [1.54, 1.807) is 7.11 Å². The molecule has 2 atom stereocenters. The summed E-state index contributed by atoms with van der Waals surface area (Å²) < 4.78 is 5.36. The molecule has 0 bridgehead atoms. The molecule has 2 nitrogen and oxygen atoms in total. The lowest BCUT2D eigenvalue weighted by Crippen LogP contribution is -2.28. The fourth-order valence-electron chi connectivity index (χ4n) is 2.56. The number of ether oxygens (including phenoxy) is 1. The molecule has 0 heterocycles. The van der Waals surface area contributed by atoms with Gasteiger partial charge in [0.25, 0.3) is 0 Å². The van der Waals surface area contributed by atoms with Gasteiger partial charge in [-0.05, 0) is 30.5 Å². The first-order chi connectivity index (χ1) is 9.72. The average molecular weight is 269 g/mol. The van der Waals surface area contributed by atoms with E-state index in [9.17, 15) is 0 Å². The topological polar surface area (TPSA) is 21.3 Å². The highest BCUT2D eigenvalue weighted by Gasteiger charge is 2.16. The Hall–Kier alpha value is -1.64. The van der Waals surface area contributed by atoms with Crippen LogP contribution in [0.4, 0.5) is 0 Å². The van der Waals surface area contributed by atoms with Crippen LogP contribution in [-0.4, -0.2) is 13.7 Å². The molecule has 0 aromatic heterocycles. The molecule has 0 spiro atoms. The summed E-state index contributed by atoms with van der Waals surface area (Å²) in [5, 5.41) is 3.67. The summed E-state index contributed by atoms with van der Waals surface area (Å²) in [4.78, 5) is 0. The maximum atomic E-state index is 5.36. The summed E-state index contributed by atoms with van der Waals surface area (Å²) in [6.45, 7) is 5.02. The third kappa shape index (κ3) is 3.69. The van der Waals surface area contributed by atoms with Crippen LogP contribution >= 0.6 is 0 Å². The fourth-order valence-corrected chi connectivity index (χ4v) is 2.56. The van der Waals surface area contributed by atoms with E-state index in [-0.39, 0.29) is 12.1 Å². The van der Waals surface area contributed by atoms with Gasteiger partial charge in [-0.1, -0.05) is 54.6 Å². The zero-order chi connectivity index (χ0) is 14.4. The molecule has 0 saturated heterocycles. The summed E-state index contributed by atoms with van der Waals surface area (Å²) in [6.07, 6.45) is 0. The smallest absolute Gasteiger partial charge is 0.0657 e. The summed E-state index contributed by atoms with van der Waals surface area (Å²) in [5.41, 5.74) is 3.91. The number of methoxy groups -OCH3 is 1. The Bertz CT molecular complexity index is 524. The van der Waals surface area contributed by atoms with Crippen molar-refractivity contribution in [2.75, 3.05) is 13.7 Å². The van der Waals surface area contributed by atoms with Crippen LogP contribution in [0.2, 0.25) is 0 Å². The number of rotatable bonds is 6. The maximum absolute atomic E-state index is 5.36. The van der Waals surface area contributed by atoms with Gasteiger partial charge in [0.1, 0.15) is 0 Å². The van der Waals surface area contributed by atoms with Gasteiger partial charge in [0.15, 0.2) is 0 Å². The van der Waals surface area contributed by atoms with Crippen LogP contribution in [-0.2, 0) is 4.74 Å². The van der Waals surface area contributed by atoms with Crippen molar-refractivity contribution in [3.05, 3.63) is 71.3 Å². The zero-order valence-electron chi connectivity index (χ0n) is 12.5. The third-order valence-corrected chi connectivity index (χ3v) is 3.64. The van der Waals surface area contributed by atoms with Crippen molar-refractivity contribution in [3.63, 3.8) is 0 Å². The largest absolute Gasteiger partial charge is 0.383 e. The lowest BCUT2D eigenvalue weighted by Gasteiger charge is -2.24. The van der Waals surface area contributed by atoms with Crippen LogP contribution in [0.3, 0.4) is 0 Å². The van der Waals surface area contributed by atoms with Gasteiger partial charge in [0, 0.05) is 13.2 Å². The highest BCUT2D eigenvalue weighted by atomic mass is 16.5. The number of hydrogen-bond acceptors (Lipinski definition) is 2. The van der Waals surface area contributed by atoms with Gasteiger partial charge in [-0.2, -0.15) is 0 Å². The predicted octanol–water partition coefficient (Wildman–Crippen LogP) is 4.03. The zero-order valence-corrected chi connectivity index (χ0v) is 12.5. The Morgan fingerprint density at radius 1 is 1.00 bits per heavy atom. The predicted molar refractivity (Wildman–Crippen MR) is 83.8 cm³/mol. The van der Waals surface area contributed by atoms with E-state index in [4.69, 9.17) is 4.74 Å². The molecule has 2 aromatic carbocycles. The fraction of sp³-hybridized carbons (Fsp3) is 0.333. The van der Waals surface area contributed by atoms with Gasteiger partial charge in [-0.25, -0.2) is 0 Å². The Kier molecular flexibility index (Phi) is 5.33. The summed E-state index contributed by atoms with van der Waals surface area (Å²) in [6, 6.07) is 19.5. The summed E-state index contributed by atoms with van der Waals surface area (Å²) in [7, 11) is 1.75. The minimum absolute atomic E-state index is 0.204. The van der Waals surface area contributed by atoms with Crippen molar-refractivity contribution in [1.82, 2.24) is 5.32 Å². The van der Waals surface area contributed by atoms with Crippen LogP contribution in [0.15, 0.2) is 54.6 Å². The van der Waals surface area contributed by atoms with Crippen LogP contribution in [0, 0.1) is 6.92 Å². The van der Waals surface area contributed by atoms with Crippen molar-refractivity contribution in [2.45, 2.75) is 25.9 Å². The Morgan fingerprint density at radius 3 is 2.30 bits per heavy atom. The maximum Gasteiger partial charge on any atom is 0.0657 e. The second-order valence-electron chi connectivity index (χ2n) is 5.16. The molecule has 0 amide bonds. The highest BCUT2D eigenvalue weighted by Crippen LogP contribution is 2.22. The van der Waals surface area contributed by atoms with Crippen molar-refractivity contribution in [3.8, 4) is 0 Å². The van der Waals surface area contributed by atoms with Crippen molar-refractivity contribution < 1.29 is 4.74 Å². The number of nitrogens with one attached hydrogen (secondary N) is 1. The molecule has 0 fully saturated rings. The first kappa shape index (κ1) is 14.8. The normalized spacial score (nSPS) is 13.9. The SMILES string of the molecule is COCC(NC(C)c1ccccc1C)c1ccccc1. The van der Waals surface area contributed by atoms with Gasteiger partial charge in [0.2, 0.25) is 0 Å². The first-order valence-electron chi connectivity index (χ1n) is 7.08. The highest BCUT2D eigenvalue weighted by molar-refractivity contribution is 5.29. The Labute approximate surface area is 121 Å². The van der Waals surface area contributed by atoms with Gasteiger partial charge in [0.05, 0.1) is 12.6 Å². The first-order valence-corrected chi connectivity index (χ1v) is 7.08. The molecule has 1 N–H and O–H groups in total.